The van der Waals surface area contributed by atoms with E-state index in [1.54, 1.807) is 0 Å². The molecule has 21 heavy (non-hydrogen) atoms. The Balaban J connectivity index is 2.07. The molecule has 1 fully saturated rings. The van der Waals surface area contributed by atoms with Crippen molar-refractivity contribution in [3.05, 3.63) is 17.0 Å². The maximum atomic E-state index is 12.4. The molecule has 116 valence electrons. The maximum Gasteiger partial charge on any atom is 0.336 e. The monoisotopic (exact) mass is 332 g/mol. The van der Waals surface area contributed by atoms with Gasteiger partial charge in [0.1, 0.15) is 4.21 Å². The molecule has 1 aromatic rings. The molecule has 1 aliphatic heterocycles. The van der Waals surface area contributed by atoms with Gasteiger partial charge in [0, 0.05) is 31.4 Å². The quantitative estimate of drug-likeness (QED) is 0.846. The molecule has 2 N–H and O–H groups in total. The van der Waals surface area contributed by atoms with Gasteiger partial charge in [0.25, 0.3) is 10.0 Å². The second kappa shape index (κ2) is 6.12. The number of hydrogen-bond acceptors (Lipinski definition) is 5. The van der Waals surface area contributed by atoms with Gasteiger partial charge in [-0.2, -0.15) is 4.31 Å². The maximum absolute atomic E-state index is 12.4. The minimum absolute atomic E-state index is 0.00753. The number of carboxylic acid groups (broad SMARTS) is 1. The second-order valence-electron chi connectivity index (χ2n) is 4.84. The van der Waals surface area contributed by atoms with Crippen LogP contribution in [0, 0.1) is 0 Å². The summed E-state index contributed by atoms with van der Waals surface area (Å²) in [6.07, 6.45) is 1.10. The van der Waals surface area contributed by atoms with E-state index in [1.165, 1.54) is 22.7 Å². The van der Waals surface area contributed by atoms with Gasteiger partial charge >= 0.3 is 5.97 Å². The van der Waals surface area contributed by atoms with Crippen molar-refractivity contribution in [3.8, 4) is 0 Å². The number of rotatable bonds is 4. The summed E-state index contributed by atoms with van der Waals surface area (Å²) >= 11 is 0.910. The Bertz CT molecular complexity index is 644. The summed E-state index contributed by atoms with van der Waals surface area (Å²) in [6, 6.07) is 1.18. The molecule has 0 spiro atoms. The number of sulfonamides is 1. The highest BCUT2D eigenvalue weighted by molar-refractivity contribution is 7.91. The van der Waals surface area contributed by atoms with Crippen LogP contribution in [0.25, 0.3) is 0 Å². The number of nitrogens with one attached hydrogen (secondary N) is 1. The second-order valence-corrected chi connectivity index (χ2v) is 7.91. The molecule has 9 heteroatoms. The van der Waals surface area contributed by atoms with Crippen LogP contribution in [-0.2, 0) is 14.8 Å². The van der Waals surface area contributed by atoms with Crippen molar-refractivity contribution in [1.29, 1.82) is 0 Å². The highest BCUT2D eigenvalue weighted by Gasteiger charge is 2.31. The summed E-state index contributed by atoms with van der Waals surface area (Å²) in [7, 11) is -3.65. The van der Waals surface area contributed by atoms with Gasteiger partial charge in [-0.3, -0.25) is 4.79 Å². The molecule has 2 heterocycles. The summed E-state index contributed by atoms with van der Waals surface area (Å²) in [5.41, 5.74) is -0.0216. The van der Waals surface area contributed by atoms with Gasteiger partial charge in [0.15, 0.2) is 0 Å². The van der Waals surface area contributed by atoms with E-state index < -0.39 is 16.0 Å². The van der Waals surface area contributed by atoms with Crippen LogP contribution in [0.15, 0.2) is 15.7 Å². The topological polar surface area (TPSA) is 104 Å². The third-order valence-corrected chi connectivity index (χ3v) is 6.59. The van der Waals surface area contributed by atoms with Crippen LogP contribution >= 0.6 is 11.3 Å². The van der Waals surface area contributed by atoms with E-state index in [9.17, 15) is 18.0 Å². The molecular formula is C12H16N2O5S2. The number of aromatic carboxylic acids is 1. The van der Waals surface area contributed by atoms with Crippen molar-refractivity contribution < 1.29 is 23.1 Å². The van der Waals surface area contributed by atoms with Crippen LogP contribution in [0.5, 0.6) is 0 Å². The van der Waals surface area contributed by atoms with Gasteiger partial charge < -0.3 is 10.4 Å². The number of carboxylic acids is 1. The normalized spacial score (nSPS) is 17.6. The Kier molecular flexibility index (Phi) is 4.64. The highest BCUT2D eigenvalue weighted by Crippen LogP contribution is 2.26. The Hall–Kier alpha value is -1.45. The molecule has 2 rings (SSSR count). The molecular weight excluding hydrogens is 316 g/mol. The van der Waals surface area contributed by atoms with Crippen molar-refractivity contribution in [2.24, 2.45) is 0 Å². The van der Waals surface area contributed by atoms with E-state index in [4.69, 9.17) is 5.11 Å². The van der Waals surface area contributed by atoms with E-state index in [0.29, 0.717) is 25.9 Å². The summed E-state index contributed by atoms with van der Waals surface area (Å²) in [5, 5.41) is 12.9. The smallest absolute Gasteiger partial charge is 0.336 e. The number of piperidine rings is 1. The van der Waals surface area contributed by atoms with Gasteiger partial charge in [-0.25, -0.2) is 13.2 Å². The Morgan fingerprint density at radius 3 is 2.48 bits per heavy atom. The van der Waals surface area contributed by atoms with Crippen molar-refractivity contribution >= 4 is 33.2 Å². The minimum Gasteiger partial charge on any atom is -0.478 e. The zero-order valence-electron chi connectivity index (χ0n) is 11.4. The molecule has 1 amide bonds. The first-order valence-electron chi connectivity index (χ1n) is 6.40. The van der Waals surface area contributed by atoms with Gasteiger partial charge in [-0.05, 0) is 18.9 Å². The molecule has 0 aliphatic carbocycles. The average molecular weight is 332 g/mol. The van der Waals surface area contributed by atoms with Crippen molar-refractivity contribution in [2.45, 2.75) is 30.0 Å². The molecule has 1 saturated heterocycles. The lowest BCUT2D eigenvalue weighted by Gasteiger charge is -2.30. The van der Waals surface area contributed by atoms with Crippen molar-refractivity contribution in [2.75, 3.05) is 13.1 Å². The van der Waals surface area contributed by atoms with Crippen molar-refractivity contribution in [1.82, 2.24) is 9.62 Å². The Morgan fingerprint density at radius 2 is 2.00 bits per heavy atom. The summed E-state index contributed by atoms with van der Waals surface area (Å²) in [5.74, 6) is -1.27. The fourth-order valence-corrected chi connectivity index (χ4v) is 5.00. The van der Waals surface area contributed by atoms with Gasteiger partial charge in [-0.15, -0.1) is 11.3 Å². The summed E-state index contributed by atoms with van der Waals surface area (Å²) in [4.78, 5) is 21.8. The molecule has 0 aromatic carbocycles. The Labute approximate surface area is 126 Å². The third-order valence-electron chi connectivity index (χ3n) is 3.28. The van der Waals surface area contributed by atoms with E-state index in [1.807, 2.05) is 0 Å². The van der Waals surface area contributed by atoms with Gasteiger partial charge in [-0.1, -0.05) is 0 Å². The molecule has 7 nitrogen and oxygen atoms in total. The molecule has 0 bridgehead atoms. The molecule has 1 aliphatic rings. The largest absolute Gasteiger partial charge is 0.478 e. The van der Waals surface area contributed by atoms with Crippen molar-refractivity contribution in [3.63, 3.8) is 0 Å². The van der Waals surface area contributed by atoms with E-state index in [-0.39, 0.29) is 21.7 Å². The van der Waals surface area contributed by atoms with E-state index >= 15 is 0 Å². The lowest BCUT2D eigenvalue weighted by molar-refractivity contribution is -0.119. The molecule has 0 atom stereocenters. The lowest BCUT2D eigenvalue weighted by Crippen LogP contribution is -2.45. The van der Waals surface area contributed by atoms with Gasteiger partial charge in [0.2, 0.25) is 5.91 Å². The van der Waals surface area contributed by atoms with E-state index in [0.717, 1.165) is 11.3 Å². The fraction of sp³-hybridized carbons (Fsp3) is 0.500. The lowest BCUT2D eigenvalue weighted by atomic mass is 10.1. The average Bonchev–Trinajstić information content (AvgIpc) is 2.89. The molecule has 0 saturated carbocycles. The molecule has 0 radical (unpaired) electrons. The summed E-state index contributed by atoms with van der Waals surface area (Å²) < 4.78 is 26.2. The minimum atomic E-state index is -3.65. The van der Waals surface area contributed by atoms with Crippen LogP contribution in [-0.4, -0.2) is 48.8 Å². The summed E-state index contributed by atoms with van der Waals surface area (Å²) in [6.45, 7) is 2.06. The number of hydrogen-bond donors (Lipinski definition) is 2. The fourth-order valence-electron chi connectivity index (χ4n) is 2.22. The standard InChI is InChI=1S/C12H16N2O5S2/c1-8(15)13-10-2-4-14(5-3-10)21(18,19)11-6-9(7-20-11)12(16)17/h6-7,10H,2-5H2,1H3,(H,13,15)(H,16,17). The van der Waals surface area contributed by atoms with Crippen LogP contribution in [0.4, 0.5) is 0 Å². The first-order chi connectivity index (χ1) is 9.80. The molecule has 0 unspecified atom stereocenters. The zero-order valence-corrected chi connectivity index (χ0v) is 13.0. The number of thiophene rings is 1. The zero-order chi connectivity index (χ0) is 15.6. The number of nitrogens with zero attached hydrogens (tertiary/aromatic N) is 1. The Morgan fingerprint density at radius 1 is 1.38 bits per heavy atom. The van der Waals surface area contributed by atoms with Crippen LogP contribution in [0.1, 0.15) is 30.1 Å². The predicted molar refractivity (Wildman–Crippen MR) is 76.9 cm³/mol. The number of amides is 1. The van der Waals surface area contributed by atoms with Crippen LogP contribution in [0.2, 0.25) is 0 Å². The predicted octanol–water partition coefficient (Wildman–Crippen LogP) is 0.736. The number of carbonyl (C=O) groups excluding carboxylic acids is 1. The number of carbonyl (C=O) groups is 2. The SMILES string of the molecule is CC(=O)NC1CCN(S(=O)(=O)c2cc(C(=O)O)cs2)CC1. The third kappa shape index (κ3) is 3.60. The van der Waals surface area contributed by atoms with Gasteiger partial charge in [0.05, 0.1) is 5.56 Å². The highest BCUT2D eigenvalue weighted by atomic mass is 32.2. The first-order valence-corrected chi connectivity index (χ1v) is 8.72. The first kappa shape index (κ1) is 15.9. The van der Waals surface area contributed by atoms with E-state index in [2.05, 4.69) is 5.32 Å². The molecule has 1 aromatic heterocycles. The van der Waals surface area contributed by atoms with Crippen LogP contribution < -0.4 is 5.32 Å². The van der Waals surface area contributed by atoms with Crippen LogP contribution in [0.3, 0.4) is 0 Å².